The fourth-order valence-electron chi connectivity index (χ4n) is 3.29. The molecule has 3 rings (SSSR count). The van der Waals surface area contributed by atoms with Gasteiger partial charge in [0.25, 0.3) is 11.8 Å². The Bertz CT molecular complexity index is 818. The molecule has 0 radical (unpaired) electrons. The van der Waals surface area contributed by atoms with Crippen LogP contribution in [0.3, 0.4) is 0 Å². The molecular weight excluding hydrogens is 376 g/mol. The molecule has 2 amide bonds. The summed E-state index contributed by atoms with van der Waals surface area (Å²) in [7, 11) is 0. The summed E-state index contributed by atoms with van der Waals surface area (Å²) in [6.45, 7) is 3.24. The molecule has 1 saturated heterocycles. The Morgan fingerprint density at radius 3 is 2.39 bits per heavy atom. The van der Waals surface area contributed by atoms with E-state index >= 15 is 0 Å². The van der Waals surface area contributed by atoms with Crippen molar-refractivity contribution in [2.24, 2.45) is 0 Å². The van der Waals surface area contributed by atoms with Gasteiger partial charge in [-0.25, -0.2) is 0 Å². The summed E-state index contributed by atoms with van der Waals surface area (Å²) in [5, 5.41) is 3.25. The lowest BCUT2D eigenvalue weighted by atomic mass is 10.1. The van der Waals surface area contributed by atoms with Gasteiger partial charge < -0.3 is 15.0 Å². The number of nitrogens with zero attached hydrogens (tertiary/aromatic N) is 1. The molecule has 1 heterocycles. The molecule has 1 aliphatic heterocycles. The van der Waals surface area contributed by atoms with E-state index in [2.05, 4.69) is 5.32 Å². The zero-order valence-electron chi connectivity index (χ0n) is 16.0. The molecule has 0 aromatic heterocycles. The summed E-state index contributed by atoms with van der Waals surface area (Å²) >= 11 is 6.09. The lowest BCUT2D eigenvalue weighted by Crippen LogP contribution is -2.41. The molecule has 28 heavy (non-hydrogen) atoms. The monoisotopic (exact) mass is 400 g/mol. The van der Waals surface area contributed by atoms with Crippen molar-refractivity contribution in [2.45, 2.75) is 38.7 Å². The molecule has 1 aliphatic rings. The fraction of sp³-hybridized carbons (Fsp3) is 0.364. The molecule has 0 unspecified atom stereocenters. The lowest BCUT2D eigenvalue weighted by molar-refractivity contribution is -0.137. The van der Waals surface area contributed by atoms with Crippen molar-refractivity contribution >= 4 is 29.1 Å². The standard InChI is InChI=1S/C22H25ClN2O3/c1-16(22(27)25-13-7-2-3-8-14-25)28-20-12-11-17(23)15-19(20)21(26)24-18-9-5-4-6-10-18/h4-6,9-12,15-16H,2-3,7-8,13-14H2,1H3,(H,24,26)/t16-/m0/s1. The number of hydrogen-bond acceptors (Lipinski definition) is 3. The number of anilines is 1. The van der Waals surface area contributed by atoms with E-state index in [1.165, 1.54) is 0 Å². The second-order valence-electron chi connectivity index (χ2n) is 6.96. The van der Waals surface area contributed by atoms with E-state index in [1.807, 2.05) is 23.1 Å². The molecule has 0 saturated carbocycles. The first-order valence-electron chi connectivity index (χ1n) is 9.66. The van der Waals surface area contributed by atoms with Gasteiger partial charge in [-0.05, 0) is 50.1 Å². The Hall–Kier alpha value is -2.53. The van der Waals surface area contributed by atoms with Gasteiger partial charge in [-0.1, -0.05) is 42.6 Å². The number of amides is 2. The molecule has 6 heteroatoms. The molecule has 1 fully saturated rings. The highest BCUT2D eigenvalue weighted by atomic mass is 35.5. The van der Waals surface area contributed by atoms with E-state index in [9.17, 15) is 9.59 Å². The number of hydrogen-bond donors (Lipinski definition) is 1. The first kappa shape index (κ1) is 20.2. The van der Waals surface area contributed by atoms with Crippen molar-refractivity contribution in [1.29, 1.82) is 0 Å². The summed E-state index contributed by atoms with van der Waals surface area (Å²) in [4.78, 5) is 27.4. The van der Waals surface area contributed by atoms with Crippen LogP contribution in [-0.4, -0.2) is 35.9 Å². The second-order valence-corrected chi connectivity index (χ2v) is 7.40. The van der Waals surface area contributed by atoms with E-state index in [0.29, 0.717) is 22.0 Å². The summed E-state index contributed by atoms with van der Waals surface area (Å²) in [5.74, 6) is -0.0436. The third-order valence-electron chi connectivity index (χ3n) is 4.79. The van der Waals surface area contributed by atoms with Gasteiger partial charge in [0.15, 0.2) is 6.10 Å². The van der Waals surface area contributed by atoms with Crippen LogP contribution in [0.25, 0.3) is 0 Å². The average molecular weight is 401 g/mol. The quantitative estimate of drug-likeness (QED) is 0.786. The van der Waals surface area contributed by atoms with Gasteiger partial charge in [0.1, 0.15) is 5.75 Å². The predicted octanol–water partition coefficient (Wildman–Crippen LogP) is 4.76. The highest BCUT2D eigenvalue weighted by molar-refractivity contribution is 6.31. The summed E-state index contributed by atoms with van der Waals surface area (Å²) < 4.78 is 5.90. The number of rotatable bonds is 5. The maximum atomic E-state index is 12.8. The van der Waals surface area contributed by atoms with Crippen molar-refractivity contribution < 1.29 is 14.3 Å². The number of nitrogens with one attached hydrogen (secondary N) is 1. The first-order valence-corrected chi connectivity index (χ1v) is 10.0. The molecule has 0 bridgehead atoms. The van der Waals surface area contributed by atoms with Crippen LogP contribution in [0.1, 0.15) is 43.0 Å². The number of carbonyl (C=O) groups excluding carboxylic acids is 2. The van der Waals surface area contributed by atoms with Crippen LogP contribution in [0.4, 0.5) is 5.69 Å². The minimum atomic E-state index is -0.678. The van der Waals surface area contributed by atoms with E-state index in [-0.39, 0.29) is 11.8 Å². The van der Waals surface area contributed by atoms with Gasteiger partial charge >= 0.3 is 0 Å². The van der Waals surface area contributed by atoms with Crippen LogP contribution in [0.2, 0.25) is 5.02 Å². The second kappa shape index (κ2) is 9.60. The highest BCUT2D eigenvalue weighted by Crippen LogP contribution is 2.26. The van der Waals surface area contributed by atoms with Crippen molar-refractivity contribution in [3.05, 3.63) is 59.1 Å². The van der Waals surface area contributed by atoms with Crippen molar-refractivity contribution in [2.75, 3.05) is 18.4 Å². The molecule has 2 aromatic carbocycles. The predicted molar refractivity (Wildman–Crippen MR) is 111 cm³/mol. The van der Waals surface area contributed by atoms with Crippen LogP contribution in [0, 0.1) is 0 Å². The van der Waals surface area contributed by atoms with E-state index in [1.54, 1.807) is 37.3 Å². The van der Waals surface area contributed by atoms with Crippen LogP contribution in [0.5, 0.6) is 5.75 Å². The fourth-order valence-corrected chi connectivity index (χ4v) is 3.46. The SMILES string of the molecule is C[C@H](Oc1ccc(Cl)cc1C(=O)Nc1ccccc1)C(=O)N1CCCCCC1. The van der Waals surface area contributed by atoms with Gasteiger partial charge in [0, 0.05) is 23.8 Å². The largest absolute Gasteiger partial charge is 0.480 e. The van der Waals surface area contributed by atoms with E-state index in [0.717, 1.165) is 38.8 Å². The van der Waals surface area contributed by atoms with Crippen LogP contribution in [0.15, 0.2) is 48.5 Å². The van der Waals surface area contributed by atoms with Gasteiger partial charge in [-0.3, -0.25) is 9.59 Å². The van der Waals surface area contributed by atoms with E-state index < -0.39 is 6.10 Å². The molecule has 2 aromatic rings. The van der Waals surface area contributed by atoms with Crippen molar-refractivity contribution in [1.82, 2.24) is 4.90 Å². The Labute approximate surface area is 170 Å². The minimum absolute atomic E-state index is 0.0498. The minimum Gasteiger partial charge on any atom is -0.480 e. The zero-order valence-corrected chi connectivity index (χ0v) is 16.7. The third kappa shape index (κ3) is 5.26. The number of para-hydroxylation sites is 1. The van der Waals surface area contributed by atoms with Crippen molar-refractivity contribution in [3.8, 4) is 5.75 Å². The molecule has 148 valence electrons. The Balaban J connectivity index is 1.74. The van der Waals surface area contributed by atoms with Gasteiger partial charge in [-0.2, -0.15) is 0 Å². The topological polar surface area (TPSA) is 58.6 Å². The van der Waals surface area contributed by atoms with Gasteiger partial charge in [-0.15, -0.1) is 0 Å². The maximum absolute atomic E-state index is 12.8. The molecule has 1 N–H and O–H groups in total. The number of likely N-dealkylation sites (tertiary alicyclic amines) is 1. The normalized spacial score (nSPS) is 15.4. The molecule has 0 aliphatic carbocycles. The van der Waals surface area contributed by atoms with Crippen LogP contribution >= 0.6 is 11.6 Å². The zero-order chi connectivity index (χ0) is 19.9. The molecular formula is C22H25ClN2O3. The summed E-state index contributed by atoms with van der Waals surface area (Å²) in [6, 6.07) is 14.0. The molecule has 5 nitrogen and oxygen atoms in total. The van der Waals surface area contributed by atoms with Gasteiger partial charge in [0.05, 0.1) is 5.56 Å². The average Bonchev–Trinajstić information content (AvgIpc) is 2.99. The third-order valence-corrected chi connectivity index (χ3v) is 5.02. The maximum Gasteiger partial charge on any atom is 0.263 e. The number of ether oxygens (including phenoxy) is 1. The Morgan fingerprint density at radius 2 is 1.71 bits per heavy atom. The van der Waals surface area contributed by atoms with E-state index in [4.69, 9.17) is 16.3 Å². The smallest absolute Gasteiger partial charge is 0.263 e. The van der Waals surface area contributed by atoms with Gasteiger partial charge in [0.2, 0.25) is 0 Å². The number of carbonyl (C=O) groups is 2. The van der Waals surface area contributed by atoms with Crippen molar-refractivity contribution in [3.63, 3.8) is 0 Å². The number of benzene rings is 2. The number of halogens is 1. The summed E-state index contributed by atoms with van der Waals surface area (Å²) in [5.41, 5.74) is 0.971. The lowest BCUT2D eigenvalue weighted by Gasteiger charge is -2.25. The molecule has 0 spiro atoms. The van der Waals surface area contributed by atoms with Crippen LogP contribution < -0.4 is 10.1 Å². The summed E-state index contributed by atoms with van der Waals surface area (Å²) in [6.07, 6.45) is 3.66. The Morgan fingerprint density at radius 1 is 1.04 bits per heavy atom. The van der Waals surface area contributed by atoms with Crippen LogP contribution in [-0.2, 0) is 4.79 Å². The first-order chi connectivity index (χ1) is 13.5. The Kier molecular flexibility index (Phi) is 6.93. The molecule has 1 atom stereocenters. The highest BCUT2D eigenvalue weighted by Gasteiger charge is 2.24.